The normalized spacial score (nSPS) is 15.2. The lowest BCUT2D eigenvalue weighted by Gasteiger charge is -2.20. The predicted molar refractivity (Wildman–Crippen MR) is 74.6 cm³/mol. The molecule has 20 heavy (non-hydrogen) atoms. The Balaban J connectivity index is 2.45. The molecule has 0 heterocycles. The van der Waals surface area contributed by atoms with Crippen LogP contribution in [0.15, 0.2) is 35.7 Å². The Hall–Kier alpha value is -1.93. The van der Waals surface area contributed by atoms with Gasteiger partial charge >= 0.3 is 0 Å². The van der Waals surface area contributed by atoms with Crippen LogP contribution in [0.1, 0.15) is 12.8 Å². The van der Waals surface area contributed by atoms with E-state index >= 15 is 0 Å². The molecule has 2 rings (SSSR count). The van der Waals surface area contributed by atoms with E-state index in [0.29, 0.717) is 0 Å². The van der Waals surface area contributed by atoms with Crippen LogP contribution in [0.3, 0.4) is 0 Å². The van der Waals surface area contributed by atoms with Gasteiger partial charge in [0.05, 0.1) is 9.82 Å². The maximum Gasteiger partial charge on any atom is 0.293 e. The summed E-state index contributed by atoms with van der Waals surface area (Å²) in [5.74, 6) is 0. The third-order valence-electron chi connectivity index (χ3n) is 3.07. The van der Waals surface area contributed by atoms with Crippen LogP contribution >= 0.6 is 0 Å². The molecule has 0 amide bonds. The minimum absolute atomic E-state index is 0.0467. The van der Waals surface area contributed by atoms with Crippen LogP contribution in [0.25, 0.3) is 0 Å². The quantitative estimate of drug-likeness (QED) is 0.371. The topological polar surface area (TPSA) is 107 Å². The van der Waals surface area contributed by atoms with Crippen LogP contribution in [0, 0.1) is 10.1 Å². The number of nitrogens with zero attached hydrogens (tertiary/aromatic N) is 2. The van der Waals surface area contributed by atoms with Gasteiger partial charge in [-0.3, -0.25) is 10.1 Å². The number of benzene rings is 1. The standard InChI is InChI=1S/C12H15N3O4S/c1-2-7-14(9-3-4-9)20(18,19)10-5-6-11(13)12(8-10)15(16)17/h2,5-6,8-9H,1,3-4,7,13H2. The van der Waals surface area contributed by atoms with Gasteiger partial charge in [0.15, 0.2) is 0 Å². The molecule has 1 fully saturated rings. The fraction of sp³-hybridized carbons (Fsp3) is 0.333. The largest absolute Gasteiger partial charge is 0.393 e. The first kappa shape index (κ1) is 14.5. The van der Waals surface area contributed by atoms with Crippen LogP contribution in [-0.4, -0.2) is 30.2 Å². The van der Waals surface area contributed by atoms with E-state index in [0.717, 1.165) is 18.9 Å². The monoisotopic (exact) mass is 297 g/mol. The molecule has 0 spiro atoms. The van der Waals surface area contributed by atoms with E-state index in [1.54, 1.807) is 0 Å². The molecule has 0 radical (unpaired) electrons. The van der Waals surface area contributed by atoms with Crippen molar-refractivity contribution in [3.63, 3.8) is 0 Å². The molecule has 7 nitrogen and oxygen atoms in total. The van der Waals surface area contributed by atoms with Crippen molar-refractivity contribution < 1.29 is 13.3 Å². The minimum atomic E-state index is -3.77. The molecule has 1 aliphatic carbocycles. The molecule has 0 aromatic heterocycles. The van der Waals surface area contributed by atoms with Crippen molar-refractivity contribution in [1.29, 1.82) is 0 Å². The summed E-state index contributed by atoms with van der Waals surface area (Å²) in [6, 6.07) is 3.48. The highest BCUT2D eigenvalue weighted by Crippen LogP contribution is 2.33. The summed E-state index contributed by atoms with van der Waals surface area (Å²) in [6.07, 6.45) is 3.09. The molecular weight excluding hydrogens is 282 g/mol. The Labute approximate surface area is 116 Å². The molecule has 0 unspecified atom stereocenters. The number of nitro groups is 1. The fourth-order valence-electron chi connectivity index (χ4n) is 1.91. The van der Waals surface area contributed by atoms with Gasteiger partial charge in [-0.25, -0.2) is 8.42 Å². The van der Waals surface area contributed by atoms with E-state index in [2.05, 4.69) is 6.58 Å². The van der Waals surface area contributed by atoms with Crippen LogP contribution in [0.2, 0.25) is 0 Å². The van der Waals surface area contributed by atoms with Crippen LogP contribution in [0.4, 0.5) is 11.4 Å². The van der Waals surface area contributed by atoms with Crippen molar-refractivity contribution in [2.24, 2.45) is 0 Å². The number of hydrogen-bond acceptors (Lipinski definition) is 5. The van der Waals surface area contributed by atoms with Gasteiger partial charge in [-0.15, -0.1) is 6.58 Å². The van der Waals surface area contributed by atoms with Crippen molar-refractivity contribution >= 4 is 21.4 Å². The van der Waals surface area contributed by atoms with Crippen molar-refractivity contribution in [2.45, 2.75) is 23.8 Å². The summed E-state index contributed by atoms with van der Waals surface area (Å²) < 4.78 is 26.3. The van der Waals surface area contributed by atoms with Gasteiger partial charge in [0.25, 0.3) is 5.69 Å². The van der Waals surface area contributed by atoms with Crippen molar-refractivity contribution in [3.8, 4) is 0 Å². The molecule has 0 aliphatic heterocycles. The minimum Gasteiger partial charge on any atom is -0.393 e. The van der Waals surface area contributed by atoms with E-state index in [4.69, 9.17) is 5.73 Å². The first-order valence-electron chi connectivity index (χ1n) is 6.04. The lowest BCUT2D eigenvalue weighted by molar-refractivity contribution is -0.384. The number of sulfonamides is 1. The van der Waals surface area contributed by atoms with Gasteiger partial charge < -0.3 is 5.73 Å². The van der Waals surface area contributed by atoms with E-state index in [9.17, 15) is 18.5 Å². The molecule has 108 valence electrons. The third kappa shape index (κ3) is 2.66. The highest BCUT2D eigenvalue weighted by atomic mass is 32.2. The van der Waals surface area contributed by atoms with Gasteiger partial charge in [0, 0.05) is 18.7 Å². The zero-order valence-corrected chi connectivity index (χ0v) is 11.5. The number of nitrogens with two attached hydrogens (primary N) is 1. The van der Waals surface area contributed by atoms with Crippen LogP contribution in [0.5, 0.6) is 0 Å². The van der Waals surface area contributed by atoms with Gasteiger partial charge in [0.2, 0.25) is 10.0 Å². The summed E-state index contributed by atoms with van der Waals surface area (Å²) in [6.45, 7) is 3.73. The second-order valence-corrected chi connectivity index (χ2v) is 6.46. The first-order chi connectivity index (χ1) is 9.37. The molecule has 1 aromatic carbocycles. The van der Waals surface area contributed by atoms with E-state index < -0.39 is 20.6 Å². The number of nitrogen functional groups attached to an aromatic ring is 1. The molecule has 0 bridgehead atoms. The Bertz CT molecular complexity index is 653. The Morgan fingerprint density at radius 2 is 2.15 bits per heavy atom. The summed E-state index contributed by atoms with van der Waals surface area (Å²) in [4.78, 5) is 10.0. The smallest absolute Gasteiger partial charge is 0.293 e. The zero-order chi connectivity index (χ0) is 14.9. The average molecular weight is 297 g/mol. The van der Waals surface area contributed by atoms with E-state index in [-0.39, 0.29) is 23.2 Å². The SMILES string of the molecule is C=CCN(C1CC1)S(=O)(=O)c1ccc(N)c([N+](=O)[O-])c1. The van der Waals surface area contributed by atoms with Gasteiger partial charge in [-0.05, 0) is 25.0 Å². The summed E-state index contributed by atoms with van der Waals surface area (Å²) in [7, 11) is -3.77. The Morgan fingerprint density at radius 3 is 2.65 bits per heavy atom. The molecule has 1 aliphatic rings. The molecule has 1 aromatic rings. The van der Waals surface area contributed by atoms with E-state index in [1.165, 1.54) is 22.5 Å². The Kier molecular flexibility index (Phi) is 3.78. The van der Waals surface area contributed by atoms with Gasteiger partial charge in [0.1, 0.15) is 5.69 Å². The van der Waals surface area contributed by atoms with Crippen molar-refractivity contribution in [1.82, 2.24) is 4.31 Å². The van der Waals surface area contributed by atoms with Crippen LogP contribution in [-0.2, 0) is 10.0 Å². The maximum atomic E-state index is 12.5. The van der Waals surface area contributed by atoms with Crippen molar-refractivity contribution in [3.05, 3.63) is 41.0 Å². The zero-order valence-electron chi connectivity index (χ0n) is 10.7. The summed E-state index contributed by atoms with van der Waals surface area (Å²) >= 11 is 0. The number of nitro benzene ring substituents is 1. The predicted octanol–water partition coefficient (Wildman–Crippen LogP) is 1.52. The fourth-order valence-corrected chi connectivity index (χ4v) is 3.59. The first-order valence-corrected chi connectivity index (χ1v) is 7.48. The molecule has 0 atom stereocenters. The number of rotatable bonds is 6. The molecule has 2 N–H and O–H groups in total. The van der Waals surface area contributed by atoms with Crippen LogP contribution < -0.4 is 5.73 Å². The van der Waals surface area contributed by atoms with E-state index in [1.807, 2.05) is 0 Å². The van der Waals surface area contributed by atoms with Gasteiger partial charge in [-0.2, -0.15) is 4.31 Å². The maximum absolute atomic E-state index is 12.5. The highest BCUT2D eigenvalue weighted by molar-refractivity contribution is 7.89. The second-order valence-electron chi connectivity index (χ2n) is 4.57. The molecular formula is C12H15N3O4S. The highest BCUT2D eigenvalue weighted by Gasteiger charge is 2.37. The summed E-state index contributed by atoms with van der Waals surface area (Å²) in [5.41, 5.74) is 5.01. The number of anilines is 1. The van der Waals surface area contributed by atoms with Crippen molar-refractivity contribution in [2.75, 3.05) is 12.3 Å². The van der Waals surface area contributed by atoms with Gasteiger partial charge in [-0.1, -0.05) is 6.08 Å². The lowest BCUT2D eigenvalue weighted by Crippen LogP contribution is -2.33. The number of hydrogen-bond donors (Lipinski definition) is 1. The molecule has 8 heteroatoms. The Morgan fingerprint density at radius 1 is 1.50 bits per heavy atom. The second kappa shape index (κ2) is 5.22. The average Bonchev–Trinajstić information content (AvgIpc) is 3.19. The molecule has 1 saturated carbocycles. The summed E-state index contributed by atoms with van der Waals surface area (Å²) in [5, 5.41) is 10.8. The molecule has 0 saturated heterocycles. The lowest BCUT2D eigenvalue weighted by atomic mass is 10.3. The third-order valence-corrected chi connectivity index (χ3v) is 4.98.